The molecule has 0 aliphatic rings. The third kappa shape index (κ3) is 3.60. The Morgan fingerprint density at radius 1 is 0.500 bits per heavy atom. The Balaban J connectivity index is 1.36. The maximum absolute atomic E-state index is 4.95. The lowest BCUT2D eigenvalue weighted by Crippen LogP contribution is -2.00. The number of benzene rings is 4. The number of rotatable bonds is 4. The molecule has 4 aromatic carbocycles. The summed E-state index contributed by atoms with van der Waals surface area (Å²) in [6, 6.07) is 43.5. The highest BCUT2D eigenvalue weighted by atomic mass is 15.0. The van der Waals surface area contributed by atoms with E-state index in [0.717, 1.165) is 38.9 Å². The molecule has 0 spiro atoms. The second-order valence-electron chi connectivity index (χ2n) is 9.84. The monoisotopic (exact) mass is 513 g/mol. The van der Waals surface area contributed by atoms with E-state index in [1.54, 1.807) is 0 Å². The van der Waals surface area contributed by atoms with E-state index < -0.39 is 0 Å². The molecule has 0 atom stereocenters. The van der Waals surface area contributed by atoms with Gasteiger partial charge in [0.1, 0.15) is 5.65 Å². The molecule has 0 saturated heterocycles. The molecule has 188 valence electrons. The van der Waals surface area contributed by atoms with Crippen LogP contribution in [-0.2, 0) is 0 Å². The molecule has 4 aromatic heterocycles. The van der Waals surface area contributed by atoms with Gasteiger partial charge in [0.05, 0.1) is 5.52 Å². The molecule has 0 bridgehead atoms. The first-order valence-corrected chi connectivity index (χ1v) is 13.3. The van der Waals surface area contributed by atoms with Gasteiger partial charge < -0.3 is 9.38 Å². The van der Waals surface area contributed by atoms with Gasteiger partial charge >= 0.3 is 0 Å². The number of fused-ring (bicyclic) bond motifs is 5. The van der Waals surface area contributed by atoms with Crippen molar-refractivity contribution in [1.29, 1.82) is 0 Å². The molecule has 4 heterocycles. The summed E-state index contributed by atoms with van der Waals surface area (Å²) in [6.45, 7) is 0. The Hall–Kier alpha value is -5.55. The van der Waals surface area contributed by atoms with Gasteiger partial charge in [-0.2, -0.15) is 0 Å². The normalized spacial score (nSPS) is 11.5. The van der Waals surface area contributed by atoms with E-state index in [2.05, 4.69) is 82.3 Å². The summed E-state index contributed by atoms with van der Waals surface area (Å²) >= 11 is 0. The quantitative estimate of drug-likeness (QED) is 0.257. The van der Waals surface area contributed by atoms with Gasteiger partial charge in [-0.25, -0.2) is 15.0 Å². The minimum Gasteiger partial charge on any atom is -0.340 e. The highest BCUT2D eigenvalue weighted by molar-refractivity contribution is 6.18. The highest BCUT2D eigenvalue weighted by Gasteiger charge is 2.19. The van der Waals surface area contributed by atoms with E-state index in [-0.39, 0.29) is 0 Å². The van der Waals surface area contributed by atoms with Crippen LogP contribution in [0.4, 0.5) is 0 Å². The Morgan fingerprint density at radius 2 is 1.07 bits per heavy atom. The molecular formula is C35H23N5. The smallest absolute Gasteiger partial charge is 0.164 e. The van der Waals surface area contributed by atoms with Crippen molar-refractivity contribution < 1.29 is 0 Å². The van der Waals surface area contributed by atoms with E-state index in [0.29, 0.717) is 17.5 Å². The highest BCUT2D eigenvalue weighted by Crippen LogP contribution is 2.40. The van der Waals surface area contributed by atoms with Crippen LogP contribution in [0.2, 0.25) is 0 Å². The zero-order valence-corrected chi connectivity index (χ0v) is 21.5. The van der Waals surface area contributed by atoms with Crippen molar-refractivity contribution in [3.8, 4) is 45.3 Å². The van der Waals surface area contributed by atoms with Crippen LogP contribution in [0.15, 0.2) is 134 Å². The topological polar surface area (TPSA) is 58.9 Å². The SMILES string of the molecule is c1ccc(-c2nc(-c3ccccc3)nc(-c3cccc(-c4c5c6ccccc6[nH]c5n5ccccc45)c3)n2)cc1. The number of aromatic amines is 1. The molecular weight excluding hydrogens is 490 g/mol. The number of hydrogen-bond acceptors (Lipinski definition) is 3. The van der Waals surface area contributed by atoms with Crippen molar-refractivity contribution in [3.05, 3.63) is 134 Å². The second kappa shape index (κ2) is 9.03. The van der Waals surface area contributed by atoms with Crippen molar-refractivity contribution in [2.75, 3.05) is 0 Å². The van der Waals surface area contributed by atoms with Crippen LogP contribution in [0.5, 0.6) is 0 Å². The molecule has 1 N–H and O–H groups in total. The number of para-hydroxylation sites is 1. The van der Waals surface area contributed by atoms with Gasteiger partial charge in [0.25, 0.3) is 0 Å². The zero-order valence-electron chi connectivity index (χ0n) is 21.5. The van der Waals surface area contributed by atoms with Crippen molar-refractivity contribution in [2.45, 2.75) is 0 Å². The Bertz CT molecular complexity index is 2090. The summed E-state index contributed by atoms with van der Waals surface area (Å²) in [7, 11) is 0. The molecule has 0 aliphatic carbocycles. The summed E-state index contributed by atoms with van der Waals surface area (Å²) in [4.78, 5) is 18.4. The number of aromatic nitrogens is 5. The molecule has 8 aromatic rings. The number of H-pyrrole nitrogens is 1. The van der Waals surface area contributed by atoms with Crippen molar-refractivity contribution in [3.63, 3.8) is 0 Å². The molecule has 0 aliphatic heterocycles. The van der Waals surface area contributed by atoms with Gasteiger partial charge in [-0.3, -0.25) is 0 Å². The van der Waals surface area contributed by atoms with Crippen molar-refractivity contribution in [1.82, 2.24) is 24.3 Å². The van der Waals surface area contributed by atoms with Crippen LogP contribution in [0.1, 0.15) is 0 Å². The number of hydrogen-bond donors (Lipinski definition) is 1. The Labute approximate surface area is 230 Å². The first-order chi connectivity index (χ1) is 19.8. The van der Waals surface area contributed by atoms with Crippen LogP contribution in [0.25, 0.3) is 72.7 Å². The summed E-state index contributed by atoms with van der Waals surface area (Å²) < 4.78 is 2.24. The van der Waals surface area contributed by atoms with Crippen LogP contribution in [-0.4, -0.2) is 24.3 Å². The molecule has 8 rings (SSSR count). The predicted molar refractivity (Wildman–Crippen MR) is 162 cm³/mol. The minimum atomic E-state index is 0.647. The fraction of sp³-hybridized carbons (Fsp3) is 0. The molecule has 40 heavy (non-hydrogen) atoms. The average Bonchev–Trinajstić information content (AvgIpc) is 3.57. The molecule has 0 radical (unpaired) electrons. The molecule has 0 saturated carbocycles. The van der Waals surface area contributed by atoms with Gasteiger partial charge in [0, 0.05) is 44.7 Å². The fourth-order valence-electron chi connectivity index (χ4n) is 5.58. The van der Waals surface area contributed by atoms with Crippen molar-refractivity contribution >= 4 is 27.5 Å². The molecule has 5 nitrogen and oxygen atoms in total. The van der Waals surface area contributed by atoms with E-state index in [9.17, 15) is 0 Å². The van der Waals surface area contributed by atoms with Gasteiger partial charge in [0.2, 0.25) is 0 Å². The lowest BCUT2D eigenvalue weighted by atomic mass is 9.99. The summed E-state index contributed by atoms with van der Waals surface area (Å²) in [5.41, 5.74) is 8.53. The van der Waals surface area contributed by atoms with Crippen molar-refractivity contribution in [2.24, 2.45) is 0 Å². The molecule has 0 unspecified atom stereocenters. The molecule has 5 heteroatoms. The lowest BCUT2D eigenvalue weighted by molar-refractivity contribution is 1.07. The van der Waals surface area contributed by atoms with Gasteiger partial charge in [-0.05, 0) is 29.8 Å². The van der Waals surface area contributed by atoms with E-state index in [4.69, 9.17) is 15.0 Å². The minimum absolute atomic E-state index is 0.647. The summed E-state index contributed by atoms with van der Waals surface area (Å²) in [5, 5.41) is 2.42. The molecule has 0 fully saturated rings. The van der Waals surface area contributed by atoms with Crippen LogP contribution in [0, 0.1) is 0 Å². The predicted octanol–water partition coefficient (Wildman–Crippen LogP) is 8.43. The van der Waals surface area contributed by atoms with Crippen LogP contribution >= 0.6 is 0 Å². The van der Waals surface area contributed by atoms with Gasteiger partial charge in [-0.1, -0.05) is 103 Å². The van der Waals surface area contributed by atoms with Crippen LogP contribution in [0.3, 0.4) is 0 Å². The Morgan fingerprint density at radius 3 is 1.80 bits per heavy atom. The van der Waals surface area contributed by atoms with E-state index in [1.807, 2.05) is 60.7 Å². The Kier molecular flexibility index (Phi) is 5.07. The van der Waals surface area contributed by atoms with Gasteiger partial charge in [0.15, 0.2) is 17.5 Å². The van der Waals surface area contributed by atoms with Crippen LogP contribution < -0.4 is 0 Å². The number of nitrogens with zero attached hydrogens (tertiary/aromatic N) is 4. The third-order valence-electron chi connectivity index (χ3n) is 7.40. The first-order valence-electron chi connectivity index (χ1n) is 13.3. The number of nitrogens with one attached hydrogen (secondary N) is 1. The second-order valence-corrected chi connectivity index (χ2v) is 9.84. The fourth-order valence-corrected chi connectivity index (χ4v) is 5.58. The average molecular weight is 514 g/mol. The first kappa shape index (κ1) is 22.4. The maximum atomic E-state index is 4.95. The number of pyridine rings is 1. The van der Waals surface area contributed by atoms with Gasteiger partial charge in [-0.15, -0.1) is 0 Å². The molecule has 0 amide bonds. The third-order valence-corrected chi connectivity index (χ3v) is 7.40. The maximum Gasteiger partial charge on any atom is 0.164 e. The summed E-state index contributed by atoms with van der Waals surface area (Å²) in [5.74, 6) is 1.96. The lowest BCUT2D eigenvalue weighted by Gasteiger charge is -2.10. The standard InChI is InChI=1S/C35H23N5/c1-3-12-23(13-4-1)32-37-33(24-14-5-2-6-15-24)39-34(38-32)26-17-11-16-25(22-26)30-29-20-9-10-21-40(29)35-31(30)27-18-7-8-19-28(27)36-35/h1-22,36H. The largest absolute Gasteiger partial charge is 0.340 e. The van der Waals surface area contributed by atoms with E-state index in [1.165, 1.54) is 16.3 Å². The zero-order chi connectivity index (χ0) is 26.5. The van der Waals surface area contributed by atoms with E-state index >= 15 is 0 Å². The summed E-state index contributed by atoms with van der Waals surface area (Å²) in [6.07, 6.45) is 2.12.